The number of hydrogen-bond acceptors (Lipinski definition) is 3. The Kier molecular flexibility index (Phi) is 4.39. The second kappa shape index (κ2) is 6.04. The Balaban J connectivity index is 2.12. The van der Waals surface area contributed by atoms with Crippen LogP contribution < -0.4 is 4.74 Å². The highest BCUT2D eigenvalue weighted by atomic mass is 79.9. The zero-order valence-electron chi connectivity index (χ0n) is 9.68. The maximum absolute atomic E-state index is 10.7. The fraction of sp³-hybridized carbons (Fsp3) is 0.0769. The molecule has 0 aliphatic heterocycles. The van der Waals surface area contributed by atoms with Crippen LogP contribution in [0.4, 0.5) is 5.69 Å². The maximum atomic E-state index is 10.7. The molecule has 2 rings (SSSR count). The molecule has 0 spiro atoms. The van der Waals surface area contributed by atoms with Crippen LogP contribution in [0.25, 0.3) is 0 Å². The second-order valence-corrected chi connectivity index (χ2v) is 5.11. The van der Waals surface area contributed by atoms with E-state index < -0.39 is 4.92 Å². The van der Waals surface area contributed by atoms with Gasteiger partial charge in [-0.3, -0.25) is 10.1 Å². The fourth-order valence-electron chi connectivity index (χ4n) is 1.51. The normalized spacial score (nSPS) is 10.2. The van der Waals surface area contributed by atoms with Crippen LogP contribution in [0.15, 0.2) is 46.9 Å². The van der Waals surface area contributed by atoms with Gasteiger partial charge >= 0.3 is 0 Å². The van der Waals surface area contributed by atoms with Crippen molar-refractivity contribution in [3.63, 3.8) is 0 Å². The Morgan fingerprint density at radius 1 is 1.26 bits per heavy atom. The van der Waals surface area contributed by atoms with Crippen molar-refractivity contribution in [2.45, 2.75) is 6.61 Å². The van der Waals surface area contributed by atoms with E-state index in [0.29, 0.717) is 16.3 Å². The van der Waals surface area contributed by atoms with E-state index in [0.717, 1.165) is 4.47 Å². The third-order valence-corrected chi connectivity index (χ3v) is 3.21. The largest absolute Gasteiger partial charge is 0.487 e. The van der Waals surface area contributed by atoms with Crippen molar-refractivity contribution in [1.29, 1.82) is 0 Å². The first-order chi connectivity index (χ1) is 9.06. The lowest BCUT2D eigenvalue weighted by molar-refractivity contribution is -0.384. The highest BCUT2D eigenvalue weighted by Gasteiger charge is 2.07. The minimum atomic E-state index is -0.435. The molecule has 0 aromatic heterocycles. The van der Waals surface area contributed by atoms with Gasteiger partial charge in [-0.1, -0.05) is 39.7 Å². The van der Waals surface area contributed by atoms with Gasteiger partial charge in [0, 0.05) is 16.6 Å². The SMILES string of the molecule is O=[N+]([O-])c1cccc(COc2cc(Br)ccc2Cl)c1. The smallest absolute Gasteiger partial charge is 0.269 e. The van der Waals surface area contributed by atoms with Gasteiger partial charge < -0.3 is 4.74 Å². The van der Waals surface area contributed by atoms with Crippen molar-refractivity contribution in [1.82, 2.24) is 0 Å². The standard InChI is InChI=1S/C13H9BrClNO3/c14-10-4-5-12(15)13(7-10)19-8-9-2-1-3-11(6-9)16(17)18/h1-7H,8H2. The van der Waals surface area contributed by atoms with Crippen LogP contribution in [0, 0.1) is 10.1 Å². The van der Waals surface area contributed by atoms with Crippen LogP contribution in [-0.4, -0.2) is 4.92 Å². The topological polar surface area (TPSA) is 52.4 Å². The summed E-state index contributed by atoms with van der Waals surface area (Å²) in [5.41, 5.74) is 0.756. The molecule has 0 N–H and O–H groups in total. The zero-order valence-corrected chi connectivity index (χ0v) is 12.0. The minimum absolute atomic E-state index is 0.0430. The number of nitro benzene ring substituents is 1. The average molecular weight is 343 g/mol. The van der Waals surface area contributed by atoms with Crippen LogP contribution in [0.1, 0.15) is 5.56 Å². The van der Waals surface area contributed by atoms with Crippen molar-refractivity contribution in [2.75, 3.05) is 0 Å². The number of non-ortho nitro benzene ring substituents is 1. The molecule has 6 heteroatoms. The fourth-order valence-corrected chi connectivity index (χ4v) is 2.02. The summed E-state index contributed by atoms with van der Waals surface area (Å²) in [6.45, 7) is 0.220. The van der Waals surface area contributed by atoms with E-state index in [1.807, 2.05) is 6.07 Å². The molecule has 0 radical (unpaired) electrons. The Hall–Kier alpha value is -1.59. The van der Waals surface area contributed by atoms with Crippen LogP contribution >= 0.6 is 27.5 Å². The molecule has 2 aromatic carbocycles. The Bertz CT molecular complexity index is 619. The average Bonchev–Trinajstić information content (AvgIpc) is 2.40. The molecule has 0 aliphatic carbocycles. The molecular weight excluding hydrogens is 334 g/mol. The molecule has 0 amide bonds. The van der Waals surface area contributed by atoms with Crippen LogP contribution in [0.2, 0.25) is 5.02 Å². The van der Waals surface area contributed by atoms with Gasteiger partial charge in [0.2, 0.25) is 0 Å². The first-order valence-corrected chi connectivity index (χ1v) is 6.54. The van der Waals surface area contributed by atoms with Gasteiger partial charge in [0.1, 0.15) is 12.4 Å². The number of nitrogens with zero attached hydrogens (tertiary/aromatic N) is 1. The van der Waals surface area contributed by atoms with Gasteiger partial charge in [-0.2, -0.15) is 0 Å². The van der Waals surface area contributed by atoms with Crippen molar-refractivity contribution in [3.05, 3.63) is 67.6 Å². The van der Waals surface area contributed by atoms with Gasteiger partial charge in [0.05, 0.1) is 9.95 Å². The molecule has 4 nitrogen and oxygen atoms in total. The number of benzene rings is 2. The predicted molar refractivity (Wildman–Crippen MR) is 76.6 cm³/mol. The number of rotatable bonds is 4. The zero-order chi connectivity index (χ0) is 13.8. The highest BCUT2D eigenvalue weighted by molar-refractivity contribution is 9.10. The summed E-state index contributed by atoms with van der Waals surface area (Å²) in [5.74, 6) is 0.530. The van der Waals surface area contributed by atoms with Gasteiger partial charge in [0.25, 0.3) is 5.69 Å². The van der Waals surface area contributed by atoms with E-state index in [4.69, 9.17) is 16.3 Å². The van der Waals surface area contributed by atoms with E-state index in [-0.39, 0.29) is 12.3 Å². The summed E-state index contributed by atoms with van der Waals surface area (Å²) >= 11 is 9.32. The molecule has 0 heterocycles. The minimum Gasteiger partial charge on any atom is -0.487 e. The lowest BCUT2D eigenvalue weighted by Gasteiger charge is -2.08. The Morgan fingerprint density at radius 2 is 2.05 bits per heavy atom. The van der Waals surface area contributed by atoms with Gasteiger partial charge in [-0.25, -0.2) is 0 Å². The van der Waals surface area contributed by atoms with Crippen LogP contribution in [0.5, 0.6) is 5.75 Å². The van der Waals surface area contributed by atoms with Crippen molar-refractivity contribution < 1.29 is 9.66 Å². The molecule has 98 valence electrons. The molecule has 0 unspecified atom stereocenters. The van der Waals surface area contributed by atoms with E-state index in [1.54, 1.807) is 24.3 Å². The summed E-state index contributed by atoms with van der Waals surface area (Å²) < 4.78 is 6.41. The van der Waals surface area contributed by atoms with E-state index in [9.17, 15) is 10.1 Å². The van der Waals surface area contributed by atoms with Crippen molar-refractivity contribution in [2.24, 2.45) is 0 Å². The summed E-state index contributed by atoms with van der Waals surface area (Å²) in [4.78, 5) is 10.2. The van der Waals surface area contributed by atoms with Crippen LogP contribution in [-0.2, 0) is 6.61 Å². The lowest BCUT2D eigenvalue weighted by Crippen LogP contribution is -1.97. The Labute approximate surface area is 123 Å². The van der Waals surface area contributed by atoms with E-state index >= 15 is 0 Å². The molecule has 0 saturated heterocycles. The molecular formula is C13H9BrClNO3. The highest BCUT2D eigenvalue weighted by Crippen LogP contribution is 2.28. The number of nitro groups is 1. The summed E-state index contributed by atoms with van der Waals surface area (Å²) in [6, 6.07) is 11.6. The first kappa shape index (κ1) is 13.8. The summed E-state index contributed by atoms with van der Waals surface area (Å²) in [6.07, 6.45) is 0. The van der Waals surface area contributed by atoms with Crippen LogP contribution in [0.3, 0.4) is 0 Å². The molecule has 0 saturated carbocycles. The monoisotopic (exact) mass is 341 g/mol. The van der Waals surface area contributed by atoms with Gasteiger partial charge in [-0.05, 0) is 23.8 Å². The maximum Gasteiger partial charge on any atom is 0.269 e. The van der Waals surface area contributed by atoms with Crippen molar-refractivity contribution >= 4 is 33.2 Å². The quantitative estimate of drug-likeness (QED) is 0.603. The summed E-state index contributed by atoms with van der Waals surface area (Å²) in [5, 5.41) is 11.2. The molecule has 2 aromatic rings. The number of halogens is 2. The van der Waals surface area contributed by atoms with Gasteiger partial charge in [0.15, 0.2) is 0 Å². The molecule has 0 fully saturated rings. The van der Waals surface area contributed by atoms with E-state index in [1.165, 1.54) is 12.1 Å². The van der Waals surface area contributed by atoms with E-state index in [2.05, 4.69) is 15.9 Å². The lowest BCUT2D eigenvalue weighted by atomic mass is 10.2. The first-order valence-electron chi connectivity index (χ1n) is 5.37. The predicted octanol–water partition coefficient (Wildman–Crippen LogP) is 4.59. The molecule has 0 atom stereocenters. The Morgan fingerprint density at radius 3 is 2.79 bits per heavy atom. The number of ether oxygens (including phenoxy) is 1. The molecule has 19 heavy (non-hydrogen) atoms. The van der Waals surface area contributed by atoms with Crippen molar-refractivity contribution in [3.8, 4) is 5.75 Å². The third-order valence-electron chi connectivity index (χ3n) is 2.41. The number of hydrogen-bond donors (Lipinski definition) is 0. The molecule has 0 bridgehead atoms. The summed E-state index contributed by atoms with van der Waals surface area (Å²) in [7, 11) is 0. The second-order valence-electron chi connectivity index (χ2n) is 3.79. The third kappa shape index (κ3) is 3.68. The van der Waals surface area contributed by atoms with Gasteiger partial charge in [-0.15, -0.1) is 0 Å². The molecule has 0 aliphatic rings.